The van der Waals surface area contributed by atoms with Crippen LogP contribution in [-0.4, -0.2) is 43.2 Å². The Morgan fingerprint density at radius 1 is 1.13 bits per heavy atom. The summed E-state index contributed by atoms with van der Waals surface area (Å²) in [7, 11) is 1.57. The third kappa shape index (κ3) is 7.67. The molecule has 0 atom stereocenters. The van der Waals surface area contributed by atoms with Gasteiger partial charge in [0.25, 0.3) is 0 Å². The Hall–Kier alpha value is -2.38. The zero-order valence-electron chi connectivity index (χ0n) is 18.6. The van der Waals surface area contributed by atoms with Crippen LogP contribution in [0.15, 0.2) is 46.9 Å². The fourth-order valence-electron chi connectivity index (χ4n) is 3.23. The minimum Gasteiger partial charge on any atom is -0.493 e. The number of ether oxygens (including phenoxy) is 2. The molecule has 0 fully saturated rings. The number of nitrogens with one attached hydrogen (secondary N) is 1. The lowest BCUT2D eigenvalue weighted by molar-refractivity contribution is -0.111. The van der Waals surface area contributed by atoms with Gasteiger partial charge in [-0.25, -0.2) is 4.39 Å². The third-order valence-electron chi connectivity index (χ3n) is 4.74. The molecule has 31 heavy (non-hydrogen) atoms. The van der Waals surface area contributed by atoms with Crippen LogP contribution in [-0.2, 0) is 4.79 Å². The van der Waals surface area contributed by atoms with Crippen LogP contribution >= 0.6 is 15.9 Å². The average Bonchev–Trinajstić information content (AvgIpc) is 2.70. The number of rotatable bonds is 10. The van der Waals surface area contributed by atoms with Gasteiger partial charge in [-0.1, -0.05) is 22.0 Å². The molecule has 0 saturated heterocycles. The Morgan fingerprint density at radius 2 is 1.84 bits per heavy atom. The lowest BCUT2D eigenvalue weighted by atomic mass is 10.2. The molecule has 0 aliphatic rings. The number of hydrogen-bond acceptors (Lipinski definition) is 4. The van der Waals surface area contributed by atoms with Gasteiger partial charge >= 0.3 is 0 Å². The van der Waals surface area contributed by atoms with Gasteiger partial charge < -0.3 is 14.8 Å². The number of carbonyl (C=O) groups excluding carboxylic acids is 1. The van der Waals surface area contributed by atoms with E-state index in [1.807, 2.05) is 0 Å². The molecule has 2 aromatic carbocycles. The lowest BCUT2D eigenvalue weighted by Gasteiger charge is -2.30. The molecule has 0 heterocycles. The molecule has 5 nitrogen and oxygen atoms in total. The van der Waals surface area contributed by atoms with Crippen LogP contribution in [0, 0.1) is 5.82 Å². The molecule has 0 radical (unpaired) electrons. The molecule has 0 unspecified atom stereocenters. The second-order valence-corrected chi connectivity index (χ2v) is 8.54. The lowest BCUT2D eigenvalue weighted by Crippen LogP contribution is -2.39. The first kappa shape index (κ1) is 24.9. The van der Waals surface area contributed by atoms with Crippen molar-refractivity contribution in [2.75, 3.05) is 25.6 Å². The highest BCUT2D eigenvalue weighted by molar-refractivity contribution is 9.10. The maximum absolute atomic E-state index is 13.9. The highest BCUT2D eigenvalue weighted by atomic mass is 79.9. The summed E-state index contributed by atoms with van der Waals surface area (Å²) in [6, 6.07) is 10.7. The molecule has 2 aromatic rings. The minimum atomic E-state index is -0.407. The highest BCUT2D eigenvalue weighted by Gasteiger charge is 2.14. The molecule has 1 amide bonds. The summed E-state index contributed by atoms with van der Waals surface area (Å²) >= 11 is 3.21. The molecule has 168 valence electrons. The number of anilines is 1. The van der Waals surface area contributed by atoms with Crippen molar-refractivity contribution >= 4 is 33.6 Å². The Morgan fingerprint density at radius 3 is 2.45 bits per heavy atom. The van der Waals surface area contributed by atoms with Crippen molar-refractivity contribution in [2.24, 2.45) is 0 Å². The van der Waals surface area contributed by atoms with Crippen molar-refractivity contribution in [3.8, 4) is 11.5 Å². The van der Waals surface area contributed by atoms with E-state index < -0.39 is 5.82 Å². The summed E-state index contributed by atoms with van der Waals surface area (Å²) in [5.41, 5.74) is 0.892. The SMILES string of the molecule is COc1ccc(NC(=O)/C=C/c2ccc(Br)cc2F)cc1OCCN(C(C)C)C(C)C. The number of amides is 1. The Bertz CT molecular complexity index is 908. The van der Waals surface area contributed by atoms with Crippen molar-refractivity contribution in [3.63, 3.8) is 0 Å². The van der Waals surface area contributed by atoms with Gasteiger partial charge in [0.1, 0.15) is 12.4 Å². The van der Waals surface area contributed by atoms with E-state index in [9.17, 15) is 9.18 Å². The number of nitrogens with zero attached hydrogens (tertiary/aromatic N) is 1. The van der Waals surface area contributed by atoms with Gasteiger partial charge in [0.15, 0.2) is 11.5 Å². The predicted octanol–water partition coefficient (Wildman–Crippen LogP) is 5.75. The molecular weight excluding hydrogens is 463 g/mol. The number of hydrogen-bond donors (Lipinski definition) is 1. The van der Waals surface area contributed by atoms with E-state index in [1.165, 1.54) is 18.2 Å². The Kier molecular flexibility index (Phi) is 9.52. The van der Waals surface area contributed by atoms with Crippen molar-refractivity contribution in [2.45, 2.75) is 39.8 Å². The molecule has 1 N–H and O–H groups in total. The monoisotopic (exact) mass is 492 g/mol. The maximum Gasteiger partial charge on any atom is 0.248 e. The largest absolute Gasteiger partial charge is 0.493 e. The zero-order chi connectivity index (χ0) is 23.0. The fraction of sp³-hybridized carbons (Fsp3) is 0.375. The van der Waals surface area contributed by atoms with E-state index >= 15 is 0 Å². The summed E-state index contributed by atoms with van der Waals surface area (Å²) in [4.78, 5) is 14.6. The minimum absolute atomic E-state index is 0.331. The Labute approximate surface area is 192 Å². The molecule has 2 rings (SSSR count). The topological polar surface area (TPSA) is 50.8 Å². The van der Waals surface area contributed by atoms with Crippen molar-refractivity contribution in [1.82, 2.24) is 4.90 Å². The highest BCUT2D eigenvalue weighted by Crippen LogP contribution is 2.30. The quantitative estimate of drug-likeness (QED) is 0.429. The van der Waals surface area contributed by atoms with Crippen LogP contribution < -0.4 is 14.8 Å². The normalized spacial score (nSPS) is 11.5. The number of carbonyl (C=O) groups is 1. The fourth-order valence-corrected chi connectivity index (χ4v) is 3.56. The predicted molar refractivity (Wildman–Crippen MR) is 127 cm³/mol. The van der Waals surface area contributed by atoms with Crippen LogP contribution in [0.4, 0.5) is 10.1 Å². The molecular formula is C24H30BrFN2O3. The summed E-state index contributed by atoms with van der Waals surface area (Å²) in [6.45, 7) is 9.90. The van der Waals surface area contributed by atoms with Gasteiger partial charge in [-0.3, -0.25) is 9.69 Å². The molecule has 0 saturated carbocycles. The van der Waals surface area contributed by atoms with E-state index in [1.54, 1.807) is 37.4 Å². The molecule has 7 heteroatoms. The summed E-state index contributed by atoms with van der Waals surface area (Å²) in [6.07, 6.45) is 2.73. The van der Waals surface area contributed by atoms with Crippen molar-refractivity contribution < 1.29 is 18.7 Å². The van der Waals surface area contributed by atoms with Crippen LogP contribution in [0.2, 0.25) is 0 Å². The van der Waals surface area contributed by atoms with Crippen LogP contribution in [0.3, 0.4) is 0 Å². The van der Waals surface area contributed by atoms with Gasteiger partial charge in [0.05, 0.1) is 7.11 Å². The van der Waals surface area contributed by atoms with E-state index in [4.69, 9.17) is 9.47 Å². The molecule has 0 bridgehead atoms. The second-order valence-electron chi connectivity index (χ2n) is 7.63. The summed E-state index contributed by atoms with van der Waals surface area (Å²) < 4.78 is 25.9. The van der Waals surface area contributed by atoms with Crippen molar-refractivity contribution in [3.05, 3.63) is 58.3 Å². The average molecular weight is 493 g/mol. The van der Waals surface area contributed by atoms with E-state index in [-0.39, 0.29) is 5.91 Å². The van der Waals surface area contributed by atoms with Crippen molar-refractivity contribution in [1.29, 1.82) is 0 Å². The first-order chi connectivity index (χ1) is 14.7. The van der Waals surface area contributed by atoms with Crippen LogP contribution in [0.1, 0.15) is 33.3 Å². The van der Waals surface area contributed by atoms with Gasteiger partial charge in [-0.05, 0) is 58.0 Å². The molecule has 0 spiro atoms. The van der Waals surface area contributed by atoms with Gasteiger partial charge in [-0.15, -0.1) is 0 Å². The summed E-state index contributed by atoms with van der Waals surface area (Å²) in [5, 5.41) is 2.77. The van der Waals surface area contributed by atoms with E-state index in [0.717, 1.165) is 6.54 Å². The molecule has 0 aromatic heterocycles. The first-order valence-electron chi connectivity index (χ1n) is 10.2. The second kappa shape index (κ2) is 11.9. The van der Waals surface area contributed by atoms with Crippen LogP contribution in [0.5, 0.6) is 11.5 Å². The van der Waals surface area contributed by atoms with Gasteiger partial charge in [0, 0.05) is 46.5 Å². The molecule has 0 aliphatic carbocycles. The summed E-state index contributed by atoms with van der Waals surface area (Å²) in [5.74, 6) is 0.362. The molecule has 0 aliphatic heterocycles. The van der Waals surface area contributed by atoms with Crippen LogP contribution in [0.25, 0.3) is 6.08 Å². The Balaban J connectivity index is 2.03. The van der Waals surface area contributed by atoms with Gasteiger partial charge in [0.2, 0.25) is 5.91 Å². The van der Waals surface area contributed by atoms with E-state index in [2.05, 4.69) is 53.8 Å². The van der Waals surface area contributed by atoms with E-state index in [0.29, 0.717) is 45.9 Å². The maximum atomic E-state index is 13.9. The number of methoxy groups -OCH3 is 1. The first-order valence-corrected chi connectivity index (χ1v) is 11.0. The number of halogens is 2. The smallest absolute Gasteiger partial charge is 0.248 e. The third-order valence-corrected chi connectivity index (χ3v) is 5.23. The standard InChI is InChI=1S/C24H30BrFN2O3/c1-16(2)28(17(3)4)12-13-31-23-15-20(9-10-22(23)30-5)27-24(29)11-7-18-6-8-19(25)14-21(18)26/h6-11,14-17H,12-13H2,1-5H3,(H,27,29)/b11-7+. The van der Waals surface area contributed by atoms with Gasteiger partial charge in [-0.2, -0.15) is 0 Å². The number of benzene rings is 2. The zero-order valence-corrected chi connectivity index (χ0v) is 20.2.